The third-order valence-corrected chi connectivity index (χ3v) is 2.93. The fraction of sp³-hybridized carbons (Fsp3) is 0.133. The molecule has 20 heavy (non-hydrogen) atoms. The van der Waals surface area contributed by atoms with Crippen molar-refractivity contribution in [1.82, 2.24) is 4.98 Å². The second-order valence-corrected chi connectivity index (χ2v) is 4.66. The summed E-state index contributed by atoms with van der Waals surface area (Å²) in [5, 5.41) is 3.32. The molecule has 0 atom stereocenters. The summed E-state index contributed by atoms with van der Waals surface area (Å²) in [6, 6.07) is 7.18. The van der Waals surface area contributed by atoms with Crippen LogP contribution in [-0.2, 0) is 0 Å². The van der Waals surface area contributed by atoms with E-state index in [2.05, 4.69) is 22.1 Å². The van der Waals surface area contributed by atoms with Gasteiger partial charge < -0.3 is 16.0 Å². The van der Waals surface area contributed by atoms with Crippen LogP contribution in [0.1, 0.15) is 21.6 Å². The van der Waals surface area contributed by atoms with Crippen molar-refractivity contribution in [2.75, 3.05) is 11.9 Å². The number of hydrogen-bond donors (Lipinski definition) is 3. The van der Waals surface area contributed by atoms with Crippen LogP contribution < -0.4 is 11.1 Å². The number of aromatic amines is 1. The third-order valence-electron chi connectivity index (χ3n) is 2.71. The van der Waals surface area contributed by atoms with Crippen molar-refractivity contribution in [2.45, 2.75) is 6.92 Å². The van der Waals surface area contributed by atoms with Gasteiger partial charge in [-0.2, -0.15) is 0 Å². The molecule has 0 bridgehead atoms. The molecule has 0 radical (unpaired) electrons. The lowest BCUT2D eigenvalue weighted by atomic mass is 10.1. The van der Waals surface area contributed by atoms with E-state index in [0.29, 0.717) is 22.9 Å². The van der Waals surface area contributed by atoms with E-state index in [9.17, 15) is 4.79 Å². The molecule has 4 N–H and O–H groups in total. The Hall–Kier alpha value is -2.22. The average Bonchev–Trinajstić information content (AvgIpc) is 2.86. The first-order valence-electron chi connectivity index (χ1n) is 6.05. The molecular weight excluding hydrogens is 274 g/mol. The standard InChI is InChI=1S/C15H14ClN3O/c1-10-4-5-11(3-2-6-17)7-13(10)19-15(20)14-8-12(16)9-18-14/h4-5,7-9,18H,6,17H2,1H3,(H,19,20). The molecule has 2 aromatic rings. The first-order valence-corrected chi connectivity index (χ1v) is 6.43. The molecule has 102 valence electrons. The molecule has 0 saturated carbocycles. The Morgan fingerprint density at radius 1 is 1.45 bits per heavy atom. The Labute approximate surface area is 122 Å². The van der Waals surface area contributed by atoms with Gasteiger partial charge >= 0.3 is 0 Å². The minimum atomic E-state index is -0.246. The summed E-state index contributed by atoms with van der Waals surface area (Å²) in [4.78, 5) is 14.9. The van der Waals surface area contributed by atoms with Crippen molar-refractivity contribution in [3.63, 3.8) is 0 Å². The minimum Gasteiger partial charge on any atom is -0.356 e. The highest BCUT2D eigenvalue weighted by Gasteiger charge is 2.10. The van der Waals surface area contributed by atoms with Crippen molar-refractivity contribution in [3.8, 4) is 11.8 Å². The molecule has 4 nitrogen and oxygen atoms in total. The van der Waals surface area contributed by atoms with Crippen LogP contribution in [0.15, 0.2) is 30.5 Å². The van der Waals surface area contributed by atoms with Crippen LogP contribution in [-0.4, -0.2) is 17.4 Å². The van der Waals surface area contributed by atoms with Gasteiger partial charge in [0.15, 0.2) is 0 Å². The average molecular weight is 288 g/mol. The number of carbonyl (C=O) groups excluding carboxylic acids is 1. The van der Waals surface area contributed by atoms with Crippen molar-refractivity contribution in [3.05, 3.63) is 52.3 Å². The Balaban J connectivity index is 2.22. The van der Waals surface area contributed by atoms with Gasteiger partial charge in [-0.3, -0.25) is 4.79 Å². The second kappa shape index (κ2) is 6.29. The summed E-state index contributed by atoms with van der Waals surface area (Å²) in [6.45, 7) is 2.22. The summed E-state index contributed by atoms with van der Waals surface area (Å²) in [6.07, 6.45) is 1.56. The molecule has 0 aliphatic heterocycles. The lowest BCUT2D eigenvalue weighted by molar-refractivity contribution is 0.102. The maximum atomic E-state index is 12.0. The normalized spacial score (nSPS) is 9.75. The van der Waals surface area contributed by atoms with Gasteiger partial charge in [0.2, 0.25) is 0 Å². The maximum Gasteiger partial charge on any atom is 0.272 e. The SMILES string of the molecule is Cc1ccc(C#CCN)cc1NC(=O)c1cc(Cl)c[nH]1. The highest BCUT2D eigenvalue weighted by atomic mass is 35.5. The lowest BCUT2D eigenvalue weighted by Gasteiger charge is -2.08. The number of anilines is 1. The lowest BCUT2D eigenvalue weighted by Crippen LogP contribution is -2.13. The van der Waals surface area contributed by atoms with Gasteiger partial charge in [0, 0.05) is 17.4 Å². The largest absolute Gasteiger partial charge is 0.356 e. The molecule has 1 aromatic carbocycles. The van der Waals surface area contributed by atoms with Gasteiger partial charge in [0.1, 0.15) is 5.69 Å². The summed E-state index contributed by atoms with van der Waals surface area (Å²) in [5.41, 5.74) is 8.23. The predicted octanol–water partition coefficient (Wildman–Crippen LogP) is 2.54. The third kappa shape index (κ3) is 3.41. The Morgan fingerprint density at radius 3 is 2.90 bits per heavy atom. The topological polar surface area (TPSA) is 70.9 Å². The molecule has 0 aliphatic rings. The highest BCUT2D eigenvalue weighted by Crippen LogP contribution is 2.18. The van der Waals surface area contributed by atoms with Crippen molar-refractivity contribution >= 4 is 23.2 Å². The maximum absolute atomic E-state index is 12.0. The van der Waals surface area contributed by atoms with E-state index in [1.807, 2.05) is 25.1 Å². The number of amides is 1. The Kier molecular flexibility index (Phi) is 4.46. The van der Waals surface area contributed by atoms with Crippen LogP contribution in [0.5, 0.6) is 0 Å². The number of nitrogens with two attached hydrogens (primary N) is 1. The Morgan fingerprint density at radius 2 is 2.25 bits per heavy atom. The molecule has 5 heteroatoms. The van der Waals surface area contributed by atoms with Crippen molar-refractivity contribution < 1.29 is 4.79 Å². The fourth-order valence-electron chi connectivity index (χ4n) is 1.68. The molecule has 0 unspecified atom stereocenters. The summed E-state index contributed by atoms with van der Waals surface area (Å²) in [5.74, 6) is 5.47. The van der Waals surface area contributed by atoms with E-state index in [1.165, 1.54) is 0 Å². The van der Waals surface area contributed by atoms with Gasteiger partial charge in [-0.15, -0.1) is 0 Å². The van der Waals surface area contributed by atoms with Crippen LogP contribution in [0.2, 0.25) is 5.02 Å². The smallest absolute Gasteiger partial charge is 0.272 e. The zero-order chi connectivity index (χ0) is 14.5. The van der Waals surface area contributed by atoms with E-state index in [0.717, 1.165) is 11.1 Å². The van der Waals surface area contributed by atoms with E-state index < -0.39 is 0 Å². The summed E-state index contributed by atoms with van der Waals surface area (Å²) < 4.78 is 0. The summed E-state index contributed by atoms with van der Waals surface area (Å²) >= 11 is 5.78. The van der Waals surface area contributed by atoms with Crippen LogP contribution in [0.3, 0.4) is 0 Å². The van der Waals surface area contributed by atoms with Crippen LogP contribution >= 0.6 is 11.6 Å². The number of aryl methyl sites for hydroxylation is 1. The number of hydrogen-bond acceptors (Lipinski definition) is 2. The molecule has 0 spiro atoms. The van der Waals surface area contributed by atoms with Gasteiger partial charge in [-0.25, -0.2) is 0 Å². The quantitative estimate of drug-likeness (QED) is 0.743. The van der Waals surface area contributed by atoms with Gasteiger partial charge in [-0.1, -0.05) is 29.5 Å². The number of H-pyrrole nitrogens is 1. The number of nitrogens with one attached hydrogen (secondary N) is 2. The second-order valence-electron chi connectivity index (χ2n) is 4.22. The number of rotatable bonds is 2. The van der Waals surface area contributed by atoms with Crippen LogP contribution in [0.4, 0.5) is 5.69 Å². The molecular formula is C15H14ClN3O. The monoisotopic (exact) mass is 287 g/mol. The van der Waals surface area contributed by atoms with Gasteiger partial charge in [0.05, 0.1) is 11.6 Å². The van der Waals surface area contributed by atoms with Crippen molar-refractivity contribution in [2.24, 2.45) is 5.73 Å². The zero-order valence-electron chi connectivity index (χ0n) is 11.0. The van der Waals surface area contributed by atoms with Crippen molar-refractivity contribution in [1.29, 1.82) is 0 Å². The number of benzene rings is 1. The molecule has 1 aromatic heterocycles. The van der Waals surface area contributed by atoms with Gasteiger partial charge in [-0.05, 0) is 30.7 Å². The van der Waals surface area contributed by atoms with Gasteiger partial charge in [0.25, 0.3) is 5.91 Å². The first-order chi connectivity index (χ1) is 9.60. The Bertz CT molecular complexity index is 695. The molecule has 0 aliphatic carbocycles. The highest BCUT2D eigenvalue weighted by molar-refractivity contribution is 6.31. The first kappa shape index (κ1) is 14.2. The van der Waals surface area contributed by atoms with Crippen LogP contribution in [0, 0.1) is 18.8 Å². The molecule has 1 amide bonds. The zero-order valence-corrected chi connectivity index (χ0v) is 11.7. The molecule has 0 fully saturated rings. The predicted molar refractivity (Wildman–Crippen MR) is 80.9 cm³/mol. The molecule has 0 saturated heterocycles. The fourth-order valence-corrected chi connectivity index (χ4v) is 1.84. The minimum absolute atomic E-state index is 0.246. The summed E-state index contributed by atoms with van der Waals surface area (Å²) in [7, 11) is 0. The van der Waals surface area contributed by atoms with Crippen LogP contribution in [0.25, 0.3) is 0 Å². The number of aromatic nitrogens is 1. The van der Waals surface area contributed by atoms with E-state index in [4.69, 9.17) is 17.3 Å². The molecule has 2 rings (SSSR count). The van der Waals surface area contributed by atoms with E-state index >= 15 is 0 Å². The van der Waals surface area contributed by atoms with E-state index in [-0.39, 0.29) is 5.91 Å². The number of halogens is 1. The number of carbonyl (C=O) groups is 1. The van der Waals surface area contributed by atoms with E-state index in [1.54, 1.807) is 12.3 Å². The molecule has 1 heterocycles.